The second kappa shape index (κ2) is 12.7. The number of fused-ring (bicyclic) bond motifs is 3. The first kappa shape index (κ1) is 30.0. The number of hydrogen-bond acceptors (Lipinski definition) is 1. The Hall–Kier alpha value is -6.12. The number of allylic oxidation sites excluding steroid dienone is 5. The van der Waals surface area contributed by atoms with Crippen LogP contribution in [0.2, 0.25) is 0 Å². The number of aromatic nitrogens is 1. The quantitative estimate of drug-likeness (QED) is 0.157. The molecule has 0 fully saturated rings. The Morgan fingerprint density at radius 1 is 0.580 bits per heavy atom. The van der Waals surface area contributed by atoms with Crippen LogP contribution >= 0.6 is 0 Å². The Bertz CT molecular complexity index is 2480. The van der Waals surface area contributed by atoms with Crippen molar-refractivity contribution in [1.29, 1.82) is 0 Å². The van der Waals surface area contributed by atoms with Gasteiger partial charge in [0.15, 0.2) is 0 Å². The van der Waals surface area contributed by atoms with Crippen molar-refractivity contribution in [2.75, 3.05) is 4.90 Å². The molecule has 7 aromatic rings. The molecule has 9 rings (SSSR count). The first-order valence-electron chi connectivity index (χ1n) is 17.6. The first-order chi connectivity index (χ1) is 24.8. The maximum Gasteiger partial charge on any atom is 0.0792 e. The Kier molecular flexibility index (Phi) is 7.63. The molecule has 0 N–H and O–H groups in total. The lowest BCUT2D eigenvalue weighted by molar-refractivity contribution is 0.696. The van der Waals surface area contributed by atoms with E-state index >= 15 is 0 Å². The molecule has 1 atom stereocenters. The topological polar surface area (TPSA) is 8.17 Å². The van der Waals surface area contributed by atoms with Gasteiger partial charge >= 0.3 is 0 Å². The maximum absolute atomic E-state index is 2.53. The zero-order valence-electron chi connectivity index (χ0n) is 28.2. The number of para-hydroxylation sites is 2. The smallest absolute Gasteiger partial charge is 0.0792 e. The van der Waals surface area contributed by atoms with E-state index in [0.717, 1.165) is 12.8 Å². The molecule has 1 aliphatic carbocycles. The molecule has 0 spiro atoms. The summed E-state index contributed by atoms with van der Waals surface area (Å²) < 4.78 is 2.42. The van der Waals surface area contributed by atoms with Gasteiger partial charge in [-0.15, -0.1) is 0 Å². The monoisotopic (exact) mass is 642 g/mol. The molecule has 0 saturated carbocycles. The first-order valence-corrected chi connectivity index (χ1v) is 17.6. The Balaban J connectivity index is 1.11. The van der Waals surface area contributed by atoms with Crippen LogP contribution in [0.1, 0.15) is 30.9 Å². The van der Waals surface area contributed by atoms with E-state index in [2.05, 4.69) is 198 Å². The summed E-state index contributed by atoms with van der Waals surface area (Å²) in [5.41, 5.74) is 15.4. The summed E-state index contributed by atoms with van der Waals surface area (Å²) in [6.45, 7) is 2.12. The molecule has 0 radical (unpaired) electrons. The molecular weight excluding hydrogens is 605 g/mol. The summed E-state index contributed by atoms with van der Waals surface area (Å²) in [5.74, 6) is 0. The number of anilines is 1. The molecular formula is C48H38N2. The lowest BCUT2D eigenvalue weighted by Crippen LogP contribution is -2.46. The number of rotatable bonds is 7. The van der Waals surface area contributed by atoms with Crippen molar-refractivity contribution >= 4 is 38.6 Å². The van der Waals surface area contributed by atoms with Crippen molar-refractivity contribution < 1.29 is 0 Å². The fourth-order valence-corrected chi connectivity index (χ4v) is 7.91. The van der Waals surface area contributed by atoms with Crippen LogP contribution in [0.4, 0.5) is 5.69 Å². The fourth-order valence-electron chi connectivity index (χ4n) is 7.91. The largest absolute Gasteiger partial charge is 0.334 e. The van der Waals surface area contributed by atoms with Crippen molar-refractivity contribution in [1.82, 2.24) is 4.57 Å². The predicted octanol–water partition coefficient (Wildman–Crippen LogP) is 12.4. The highest BCUT2D eigenvalue weighted by atomic mass is 15.2. The van der Waals surface area contributed by atoms with E-state index in [-0.39, 0.29) is 6.04 Å². The van der Waals surface area contributed by atoms with Crippen LogP contribution in [0, 0.1) is 0 Å². The fraction of sp³-hybridized carbons (Fsp3) is 0.0833. The van der Waals surface area contributed by atoms with Crippen LogP contribution < -0.4 is 4.90 Å². The lowest BCUT2D eigenvalue weighted by atomic mass is 9.81. The van der Waals surface area contributed by atoms with Crippen molar-refractivity contribution in [2.45, 2.75) is 25.8 Å². The lowest BCUT2D eigenvalue weighted by Gasteiger charge is -2.47. The van der Waals surface area contributed by atoms with E-state index in [1.54, 1.807) is 0 Å². The summed E-state index contributed by atoms with van der Waals surface area (Å²) in [6.07, 6.45) is 11.4. The highest BCUT2D eigenvalue weighted by Crippen LogP contribution is 2.46. The minimum Gasteiger partial charge on any atom is -0.334 e. The normalized spacial score (nSPS) is 16.2. The third-order valence-electron chi connectivity index (χ3n) is 10.3. The van der Waals surface area contributed by atoms with Gasteiger partial charge in [-0.3, -0.25) is 0 Å². The van der Waals surface area contributed by atoms with Crippen molar-refractivity contribution in [3.05, 3.63) is 204 Å². The second-order valence-electron chi connectivity index (χ2n) is 13.2. The van der Waals surface area contributed by atoms with Gasteiger partial charge in [0.25, 0.3) is 0 Å². The van der Waals surface area contributed by atoms with Crippen molar-refractivity contribution in [2.24, 2.45) is 0 Å². The minimum atomic E-state index is 0.184. The van der Waals surface area contributed by atoms with Crippen LogP contribution in [0.15, 0.2) is 193 Å². The molecule has 1 aromatic heterocycles. The van der Waals surface area contributed by atoms with Crippen molar-refractivity contribution in [3.8, 4) is 16.8 Å². The molecule has 0 bridgehead atoms. The van der Waals surface area contributed by atoms with Crippen LogP contribution in [0.5, 0.6) is 0 Å². The van der Waals surface area contributed by atoms with Crippen LogP contribution in [0.3, 0.4) is 0 Å². The van der Waals surface area contributed by atoms with Gasteiger partial charge in [0.2, 0.25) is 0 Å². The standard InChI is InChI=1S/C48H38N2/c1-2-34(35-15-6-3-7-16-35)25-28-47-44-33-39(27-30-48(44)49(47)40-20-10-5-11-21-40)38-26-29-46-43(32-38)42-23-12-13-24-45(42)50(46)41-22-14-19-37(31-41)36-17-8-4-9-18-36/h2-26,28-29,31-33,47H,27,30H2,1H3/b28-25-,34-2+. The molecule has 0 saturated heterocycles. The highest BCUT2D eigenvalue weighted by molar-refractivity contribution is 6.10. The third kappa shape index (κ3) is 5.21. The summed E-state index contributed by atoms with van der Waals surface area (Å²) in [6, 6.07) is 57.2. The van der Waals surface area contributed by atoms with Gasteiger partial charge < -0.3 is 9.47 Å². The molecule has 50 heavy (non-hydrogen) atoms. The van der Waals surface area contributed by atoms with Crippen molar-refractivity contribution in [3.63, 3.8) is 0 Å². The molecule has 2 aliphatic rings. The highest BCUT2D eigenvalue weighted by Gasteiger charge is 2.37. The minimum absolute atomic E-state index is 0.184. The van der Waals surface area contributed by atoms with E-state index in [1.165, 1.54) is 77.9 Å². The van der Waals surface area contributed by atoms with E-state index in [1.807, 2.05) is 0 Å². The molecule has 2 heteroatoms. The summed E-state index contributed by atoms with van der Waals surface area (Å²) in [7, 11) is 0. The zero-order chi connectivity index (χ0) is 33.4. The average Bonchev–Trinajstić information content (AvgIpc) is 3.51. The molecule has 6 aromatic carbocycles. The third-order valence-corrected chi connectivity index (χ3v) is 10.3. The van der Waals surface area contributed by atoms with E-state index < -0.39 is 0 Å². The molecule has 2 nitrogen and oxygen atoms in total. The van der Waals surface area contributed by atoms with Gasteiger partial charge in [0, 0.05) is 27.8 Å². The number of nitrogens with zero attached hydrogens (tertiary/aromatic N) is 2. The van der Waals surface area contributed by atoms with Gasteiger partial charge in [-0.25, -0.2) is 0 Å². The second-order valence-corrected chi connectivity index (χ2v) is 13.2. The molecule has 1 unspecified atom stereocenters. The van der Waals surface area contributed by atoms with Gasteiger partial charge in [0.05, 0.1) is 17.1 Å². The van der Waals surface area contributed by atoms with E-state index in [4.69, 9.17) is 0 Å². The van der Waals surface area contributed by atoms with Gasteiger partial charge in [0.1, 0.15) is 0 Å². The van der Waals surface area contributed by atoms with Crippen LogP contribution in [-0.2, 0) is 0 Å². The van der Waals surface area contributed by atoms with E-state index in [9.17, 15) is 0 Å². The summed E-state index contributed by atoms with van der Waals surface area (Å²) in [5, 5.41) is 2.57. The Morgan fingerprint density at radius 2 is 1.26 bits per heavy atom. The van der Waals surface area contributed by atoms with Crippen LogP contribution in [-0.4, -0.2) is 10.6 Å². The number of benzene rings is 6. The molecule has 240 valence electrons. The molecule has 0 amide bonds. The van der Waals surface area contributed by atoms with Crippen LogP contribution in [0.25, 0.3) is 49.8 Å². The molecule has 1 aliphatic heterocycles. The van der Waals surface area contributed by atoms with Gasteiger partial charge in [-0.2, -0.15) is 0 Å². The SMILES string of the molecule is C/C=C(\C=C/C1C2=C(CCC(c3ccc4c(c3)c3ccccc3n4-c3cccc(-c4ccccc4)c3)=C2)N1c1ccccc1)c1ccccc1. The Morgan fingerprint density at radius 3 is 2.06 bits per heavy atom. The maximum atomic E-state index is 2.53. The summed E-state index contributed by atoms with van der Waals surface area (Å²) in [4.78, 5) is 2.53. The predicted molar refractivity (Wildman–Crippen MR) is 212 cm³/mol. The Labute approximate surface area is 294 Å². The van der Waals surface area contributed by atoms with Gasteiger partial charge in [-0.05, 0) is 101 Å². The summed E-state index contributed by atoms with van der Waals surface area (Å²) >= 11 is 0. The molecule has 2 heterocycles. The van der Waals surface area contributed by atoms with Gasteiger partial charge in [-0.1, -0.05) is 140 Å². The number of hydrogen-bond donors (Lipinski definition) is 0. The average molecular weight is 643 g/mol. The zero-order valence-corrected chi connectivity index (χ0v) is 28.2. The van der Waals surface area contributed by atoms with E-state index in [0.29, 0.717) is 0 Å².